The maximum Gasteiger partial charge on any atom is 0.137 e. The van der Waals surface area contributed by atoms with Gasteiger partial charge in [0.25, 0.3) is 0 Å². The monoisotopic (exact) mass is 278 g/mol. The Bertz CT molecular complexity index is 708. The number of benzene rings is 1. The van der Waals surface area contributed by atoms with Crippen LogP contribution in [0.3, 0.4) is 0 Å². The number of aliphatic hydroxyl groups is 1. The van der Waals surface area contributed by atoms with Gasteiger partial charge in [-0.05, 0) is 12.1 Å². The number of aliphatic hydroxyl groups excluding tert-OH is 1. The van der Waals surface area contributed by atoms with Crippen molar-refractivity contribution >= 4 is 12.1 Å². The van der Waals surface area contributed by atoms with Crippen LogP contribution in [-0.2, 0) is 4.79 Å². The lowest BCUT2D eigenvalue weighted by atomic mass is 10.1. The van der Waals surface area contributed by atoms with Crippen molar-refractivity contribution in [3.8, 4) is 11.3 Å². The third kappa shape index (κ3) is 2.69. The average molecular weight is 278 g/mol. The van der Waals surface area contributed by atoms with Crippen molar-refractivity contribution in [2.24, 2.45) is 5.92 Å². The van der Waals surface area contributed by atoms with Crippen molar-refractivity contribution in [2.45, 2.75) is 0 Å². The molecule has 1 aliphatic rings. The highest BCUT2D eigenvalue weighted by molar-refractivity contribution is 5.66. The maximum atomic E-state index is 10.8. The summed E-state index contributed by atoms with van der Waals surface area (Å²) in [6.07, 6.45) is 5.58. The molecule has 0 fully saturated rings. The van der Waals surface area contributed by atoms with Crippen LogP contribution < -0.4 is 4.90 Å². The molecule has 0 bridgehead atoms. The van der Waals surface area contributed by atoms with Gasteiger partial charge < -0.3 is 14.8 Å². The fourth-order valence-electron chi connectivity index (χ4n) is 2.15. The lowest BCUT2D eigenvalue weighted by Gasteiger charge is -2.21. The van der Waals surface area contributed by atoms with Crippen LogP contribution in [0.25, 0.3) is 11.3 Å². The van der Waals surface area contributed by atoms with Crippen LogP contribution in [0, 0.1) is 5.92 Å². The summed E-state index contributed by atoms with van der Waals surface area (Å²) in [6.45, 7) is 0. The van der Waals surface area contributed by atoms with Crippen LogP contribution in [0.4, 0.5) is 5.82 Å². The second-order valence-electron chi connectivity index (χ2n) is 4.71. The van der Waals surface area contributed by atoms with Gasteiger partial charge in [0, 0.05) is 18.0 Å². The Morgan fingerprint density at radius 1 is 1.10 bits per heavy atom. The molecule has 1 atom stereocenters. The second kappa shape index (κ2) is 5.63. The number of carbonyl (C=O) groups is 1. The molecule has 2 aromatic rings. The first-order valence-corrected chi connectivity index (χ1v) is 6.63. The highest BCUT2D eigenvalue weighted by Crippen LogP contribution is 2.24. The van der Waals surface area contributed by atoms with Gasteiger partial charge in [-0.25, -0.2) is 4.98 Å². The molecule has 0 saturated carbocycles. The second-order valence-corrected chi connectivity index (χ2v) is 4.71. The smallest absolute Gasteiger partial charge is 0.137 e. The summed E-state index contributed by atoms with van der Waals surface area (Å²) in [5.41, 5.74) is 1.88. The van der Waals surface area contributed by atoms with Crippen LogP contribution in [0.15, 0.2) is 72.8 Å². The lowest BCUT2D eigenvalue weighted by Crippen LogP contribution is -2.18. The zero-order chi connectivity index (χ0) is 14.7. The Labute approximate surface area is 122 Å². The van der Waals surface area contributed by atoms with Crippen LogP contribution in [0.1, 0.15) is 0 Å². The Balaban J connectivity index is 1.93. The highest BCUT2D eigenvalue weighted by atomic mass is 16.3. The van der Waals surface area contributed by atoms with E-state index in [1.165, 1.54) is 6.20 Å². The molecule has 1 aromatic heterocycles. The predicted molar refractivity (Wildman–Crippen MR) is 81.6 cm³/mol. The Morgan fingerprint density at radius 2 is 1.90 bits per heavy atom. The normalized spacial score (nSPS) is 17.4. The number of carbonyl (C=O) groups excluding carboxylic acids is 1. The van der Waals surface area contributed by atoms with E-state index in [-0.39, 0.29) is 5.76 Å². The third-order valence-corrected chi connectivity index (χ3v) is 3.28. The Kier molecular flexibility index (Phi) is 3.51. The van der Waals surface area contributed by atoms with Crippen LogP contribution in [-0.4, -0.2) is 16.4 Å². The zero-order valence-corrected chi connectivity index (χ0v) is 11.3. The fourth-order valence-corrected chi connectivity index (χ4v) is 2.15. The number of hydrogen-bond donors (Lipinski definition) is 1. The summed E-state index contributed by atoms with van der Waals surface area (Å²) in [4.78, 5) is 17.0. The molecule has 0 radical (unpaired) electrons. The van der Waals surface area contributed by atoms with Crippen molar-refractivity contribution in [1.29, 1.82) is 0 Å². The molecule has 104 valence electrons. The van der Waals surface area contributed by atoms with E-state index in [0.717, 1.165) is 11.3 Å². The van der Waals surface area contributed by atoms with Gasteiger partial charge in [-0.2, -0.15) is 0 Å². The van der Waals surface area contributed by atoms with Crippen molar-refractivity contribution < 1.29 is 9.90 Å². The van der Waals surface area contributed by atoms with E-state index in [0.29, 0.717) is 12.1 Å². The van der Waals surface area contributed by atoms with Crippen molar-refractivity contribution in [3.63, 3.8) is 0 Å². The maximum absolute atomic E-state index is 10.8. The van der Waals surface area contributed by atoms with E-state index < -0.39 is 5.92 Å². The molecular formula is C17H14N2O2. The summed E-state index contributed by atoms with van der Waals surface area (Å²) in [6, 6.07) is 15.6. The van der Waals surface area contributed by atoms with Gasteiger partial charge in [0.05, 0.1) is 11.6 Å². The number of anilines is 1. The molecule has 1 aromatic carbocycles. The topological polar surface area (TPSA) is 53.4 Å². The van der Waals surface area contributed by atoms with Crippen molar-refractivity contribution in [2.75, 3.05) is 4.90 Å². The fraction of sp³-hybridized carbons (Fsp3) is 0.0588. The molecule has 1 unspecified atom stereocenters. The van der Waals surface area contributed by atoms with Crippen LogP contribution >= 0.6 is 0 Å². The van der Waals surface area contributed by atoms with E-state index in [2.05, 4.69) is 4.98 Å². The van der Waals surface area contributed by atoms with Gasteiger partial charge in [-0.3, -0.25) is 0 Å². The third-order valence-electron chi connectivity index (χ3n) is 3.28. The molecule has 0 saturated heterocycles. The van der Waals surface area contributed by atoms with Gasteiger partial charge in [0.15, 0.2) is 0 Å². The van der Waals surface area contributed by atoms with E-state index in [1.54, 1.807) is 17.2 Å². The van der Waals surface area contributed by atoms with E-state index in [9.17, 15) is 9.90 Å². The van der Waals surface area contributed by atoms with E-state index >= 15 is 0 Å². The molecule has 0 amide bonds. The summed E-state index contributed by atoms with van der Waals surface area (Å²) in [7, 11) is 0. The number of aldehydes is 1. The molecule has 2 heterocycles. The predicted octanol–water partition coefficient (Wildman–Crippen LogP) is 3.30. The molecule has 0 spiro atoms. The minimum atomic E-state index is -0.571. The molecule has 4 nitrogen and oxygen atoms in total. The highest BCUT2D eigenvalue weighted by Gasteiger charge is 2.16. The number of pyridine rings is 1. The van der Waals surface area contributed by atoms with Crippen molar-refractivity contribution in [3.05, 3.63) is 72.8 Å². The summed E-state index contributed by atoms with van der Waals surface area (Å²) in [5, 5.41) is 9.80. The molecule has 3 rings (SSSR count). The van der Waals surface area contributed by atoms with Gasteiger partial charge in [0.1, 0.15) is 17.9 Å². The molecule has 0 aliphatic carbocycles. The average Bonchev–Trinajstić information content (AvgIpc) is 2.56. The van der Waals surface area contributed by atoms with Gasteiger partial charge in [0.2, 0.25) is 0 Å². The quantitative estimate of drug-likeness (QED) is 0.875. The van der Waals surface area contributed by atoms with Gasteiger partial charge in [-0.15, -0.1) is 0 Å². The number of nitrogens with zero attached hydrogens (tertiary/aromatic N) is 2. The number of hydrogen-bond acceptors (Lipinski definition) is 4. The Hall–Kier alpha value is -2.88. The van der Waals surface area contributed by atoms with Crippen molar-refractivity contribution in [1.82, 2.24) is 4.98 Å². The summed E-state index contributed by atoms with van der Waals surface area (Å²) >= 11 is 0. The molecule has 4 heteroatoms. The zero-order valence-electron chi connectivity index (χ0n) is 11.3. The van der Waals surface area contributed by atoms with E-state index in [1.807, 2.05) is 48.5 Å². The van der Waals surface area contributed by atoms with E-state index in [4.69, 9.17) is 0 Å². The number of aromatic nitrogens is 1. The van der Waals surface area contributed by atoms with Crippen LogP contribution in [0.2, 0.25) is 0 Å². The van der Waals surface area contributed by atoms with Crippen LogP contribution in [0.5, 0.6) is 0 Å². The Morgan fingerprint density at radius 3 is 2.62 bits per heavy atom. The molecule has 1 aliphatic heterocycles. The van der Waals surface area contributed by atoms with Gasteiger partial charge >= 0.3 is 0 Å². The van der Waals surface area contributed by atoms with Gasteiger partial charge in [-0.1, -0.05) is 42.5 Å². The minimum Gasteiger partial charge on any atom is -0.510 e. The number of allylic oxidation sites excluding steroid dienone is 1. The molecule has 21 heavy (non-hydrogen) atoms. The SMILES string of the molecule is O=CC1C=CN(c2cccc(-c3ccccc3)n2)C=C1O. The first kappa shape index (κ1) is 13.1. The minimum absolute atomic E-state index is 0.0133. The number of rotatable bonds is 3. The lowest BCUT2D eigenvalue weighted by molar-refractivity contribution is -0.109. The summed E-state index contributed by atoms with van der Waals surface area (Å²) < 4.78 is 0. The first-order valence-electron chi connectivity index (χ1n) is 6.63. The first-order chi connectivity index (χ1) is 10.3. The summed E-state index contributed by atoms with van der Waals surface area (Å²) in [5.74, 6) is 0.126. The standard InChI is InChI=1S/C17H14N2O2/c20-12-14-9-10-19(11-16(14)21)17-8-4-7-15(18-17)13-5-2-1-3-6-13/h1-12,14,21H. The molecule has 1 N–H and O–H groups in total. The molecular weight excluding hydrogens is 264 g/mol. The largest absolute Gasteiger partial charge is 0.510 e.